The third-order valence-corrected chi connectivity index (χ3v) is 2.27. The fraction of sp³-hybridized carbons (Fsp3) is 0.429. The number of carbonyl (C=O) groups is 2. The Kier molecular flexibility index (Phi) is 4.92. The molecule has 0 atom stereocenters. The van der Waals surface area contributed by atoms with E-state index in [0.29, 0.717) is 13.0 Å². The molecule has 0 spiro atoms. The maximum Gasteiger partial charge on any atom is 0.407 e. The van der Waals surface area contributed by atoms with Gasteiger partial charge in [-0.1, -0.05) is 24.3 Å². The quantitative estimate of drug-likeness (QED) is 0.883. The van der Waals surface area contributed by atoms with E-state index in [0.717, 1.165) is 5.56 Å². The molecule has 1 aromatic carbocycles. The molecule has 0 saturated heterocycles. The minimum atomic E-state index is -1.20. The van der Waals surface area contributed by atoms with Gasteiger partial charge in [-0.25, -0.2) is 4.79 Å². The van der Waals surface area contributed by atoms with E-state index in [9.17, 15) is 14.7 Å². The second-order valence-electron chi connectivity index (χ2n) is 5.16. The molecule has 1 aromatic rings. The Bertz CT molecular complexity index is 446. The summed E-state index contributed by atoms with van der Waals surface area (Å²) < 4.78 is 5.09. The highest BCUT2D eigenvalue weighted by atomic mass is 16.6. The highest BCUT2D eigenvalue weighted by molar-refractivity contribution is 5.85. The Balaban J connectivity index is 2.37. The van der Waals surface area contributed by atoms with Crippen LogP contribution in [0.1, 0.15) is 36.7 Å². The summed E-state index contributed by atoms with van der Waals surface area (Å²) in [6.45, 7) is 5.82. The van der Waals surface area contributed by atoms with Crippen LogP contribution in [0.4, 0.5) is 4.79 Å². The number of ether oxygens (including phenoxy) is 1. The largest absolute Gasteiger partial charge is 0.545 e. The van der Waals surface area contributed by atoms with Crippen molar-refractivity contribution < 1.29 is 19.4 Å². The summed E-state index contributed by atoms with van der Waals surface area (Å²) in [4.78, 5) is 21.9. The molecule has 0 radical (unpaired) electrons. The Hall–Kier alpha value is -2.04. The molecular weight excluding hydrogens is 246 g/mol. The maximum absolute atomic E-state index is 11.4. The summed E-state index contributed by atoms with van der Waals surface area (Å²) in [5, 5.41) is 13.2. The van der Waals surface area contributed by atoms with E-state index in [2.05, 4.69) is 5.32 Å². The lowest BCUT2D eigenvalue weighted by molar-refractivity contribution is -0.255. The number of aromatic carboxylic acids is 1. The first-order valence-electron chi connectivity index (χ1n) is 6.05. The average Bonchev–Trinajstić information content (AvgIpc) is 2.27. The summed E-state index contributed by atoms with van der Waals surface area (Å²) in [5.74, 6) is -1.20. The number of amides is 1. The molecule has 104 valence electrons. The van der Waals surface area contributed by atoms with Crippen molar-refractivity contribution in [3.63, 3.8) is 0 Å². The van der Waals surface area contributed by atoms with E-state index in [1.807, 2.05) is 0 Å². The lowest BCUT2D eigenvalue weighted by atomic mass is 10.1. The van der Waals surface area contributed by atoms with E-state index in [4.69, 9.17) is 4.74 Å². The van der Waals surface area contributed by atoms with Crippen LogP contribution in [0.5, 0.6) is 0 Å². The van der Waals surface area contributed by atoms with Gasteiger partial charge in [0.15, 0.2) is 0 Å². The number of carboxylic acids is 1. The molecule has 5 heteroatoms. The molecule has 0 aliphatic heterocycles. The first-order valence-corrected chi connectivity index (χ1v) is 6.05. The summed E-state index contributed by atoms with van der Waals surface area (Å²) in [6.07, 6.45) is 0.144. The number of hydrogen-bond donors (Lipinski definition) is 1. The van der Waals surface area contributed by atoms with Crippen molar-refractivity contribution in [2.45, 2.75) is 32.8 Å². The minimum absolute atomic E-state index is 0.142. The van der Waals surface area contributed by atoms with Crippen LogP contribution >= 0.6 is 0 Å². The molecule has 5 nitrogen and oxygen atoms in total. The SMILES string of the molecule is CC(C)(C)OC(=O)NCCc1ccc(C(=O)[O-])cc1. The van der Waals surface area contributed by atoms with Gasteiger partial charge < -0.3 is 20.0 Å². The second-order valence-corrected chi connectivity index (χ2v) is 5.16. The Morgan fingerprint density at radius 2 is 1.79 bits per heavy atom. The molecule has 0 aliphatic rings. The van der Waals surface area contributed by atoms with Crippen LogP contribution in [0.3, 0.4) is 0 Å². The van der Waals surface area contributed by atoms with Crippen LogP contribution in [0.2, 0.25) is 0 Å². The number of nitrogens with one attached hydrogen (secondary N) is 1. The van der Waals surface area contributed by atoms with Gasteiger partial charge in [-0.05, 0) is 38.3 Å². The summed E-state index contributed by atoms with van der Waals surface area (Å²) in [7, 11) is 0. The van der Waals surface area contributed by atoms with Gasteiger partial charge in [0, 0.05) is 6.54 Å². The van der Waals surface area contributed by atoms with Crippen LogP contribution in [-0.4, -0.2) is 24.2 Å². The molecule has 0 aliphatic carbocycles. The van der Waals surface area contributed by atoms with E-state index in [1.54, 1.807) is 32.9 Å². The highest BCUT2D eigenvalue weighted by Crippen LogP contribution is 2.07. The first-order chi connectivity index (χ1) is 8.78. The van der Waals surface area contributed by atoms with Crippen molar-refractivity contribution in [2.24, 2.45) is 0 Å². The zero-order valence-electron chi connectivity index (χ0n) is 11.4. The molecular formula is C14H18NO4-. The monoisotopic (exact) mass is 264 g/mol. The second kappa shape index (κ2) is 6.22. The van der Waals surface area contributed by atoms with E-state index in [-0.39, 0.29) is 5.56 Å². The molecule has 1 N–H and O–H groups in total. The number of rotatable bonds is 4. The molecule has 0 heterocycles. The smallest absolute Gasteiger partial charge is 0.407 e. The Morgan fingerprint density at radius 1 is 1.21 bits per heavy atom. The molecule has 1 rings (SSSR count). The maximum atomic E-state index is 11.4. The van der Waals surface area contributed by atoms with Crippen molar-refractivity contribution in [3.05, 3.63) is 35.4 Å². The number of hydrogen-bond acceptors (Lipinski definition) is 4. The van der Waals surface area contributed by atoms with Gasteiger partial charge in [0.25, 0.3) is 0 Å². The lowest BCUT2D eigenvalue weighted by Gasteiger charge is -2.19. The molecule has 0 fully saturated rings. The van der Waals surface area contributed by atoms with E-state index < -0.39 is 17.7 Å². The van der Waals surface area contributed by atoms with Gasteiger partial charge in [0.2, 0.25) is 0 Å². The molecule has 19 heavy (non-hydrogen) atoms. The van der Waals surface area contributed by atoms with E-state index in [1.165, 1.54) is 12.1 Å². The predicted octanol–water partition coefficient (Wildman–Crippen LogP) is 1.12. The highest BCUT2D eigenvalue weighted by Gasteiger charge is 2.15. The number of alkyl carbamates (subject to hydrolysis) is 1. The van der Waals surface area contributed by atoms with Crippen molar-refractivity contribution in [2.75, 3.05) is 6.54 Å². The van der Waals surface area contributed by atoms with Crippen molar-refractivity contribution in [3.8, 4) is 0 Å². The molecule has 0 unspecified atom stereocenters. The normalized spacial score (nSPS) is 10.9. The van der Waals surface area contributed by atoms with Crippen LogP contribution in [0.25, 0.3) is 0 Å². The Labute approximate surface area is 112 Å². The third kappa shape index (κ3) is 5.90. The van der Waals surface area contributed by atoms with Crippen molar-refractivity contribution >= 4 is 12.1 Å². The molecule has 0 aromatic heterocycles. The lowest BCUT2D eigenvalue weighted by Crippen LogP contribution is -2.33. The third-order valence-electron chi connectivity index (χ3n) is 2.27. The van der Waals surface area contributed by atoms with Gasteiger partial charge in [0.1, 0.15) is 5.60 Å². The minimum Gasteiger partial charge on any atom is -0.545 e. The van der Waals surface area contributed by atoms with Gasteiger partial charge in [-0.3, -0.25) is 0 Å². The van der Waals surface area contributed by atoms with Crippen molar-refractivity contribution in [1.29, 1.82) is 0 Å². The molecule has 0 saturated carbocycles. The van der Waals surface area contributed by atoms with Gasteiger partial charge >= 0.3 is 6.09 Å². The summed E-state index contributed by atoms with van der Waals surface area (Å²) >= 11 is 0. The topological polar surface area (TPSA) is 78.5 Å². The fourth-order valence-corrected chi connectivity index (χ4v) is 1.43. The summed E-state index contributed by atoms with van der Waals surface area (Å²) in [5.41, 5.74) is 0.560. The zero-order chi connectivity index (χ0) is 14.5. The molecule has 1 amide bonds. The number of carboxylic acid groups (broad SMARTS) is 1. The Morgan fingerprint density at radius 3 is 2.26 bits per heavy atom. The average molecular weight is 264 g/mol. The first kappa shape index (κ1) is 15.0. The van der Waals surface area contributed by atoms with Gasteiger partial charge in [-0.2, -0.15) is 0 Å². The summed E-state index contributed by atoms with van der Waals surface area (Å²) in [6, 6.07) is 6.36. The fourth-order valence-electron chi connectivity index (χ4n) is 1.43. The van der Waals surface area contributed by atoms with Crippen LogP contribution in [-0.2, 0) is 11.2 Å². The number of benzene rings is 1. The molecule has 0 bridgehead atoms. The van der Waals surface area contributed by atoms with Crippen molar-refractivity contribution in [1.82, 2.24) is 5.32 Å². The van der Waals surface area contributed by atoms with Crippen LogP contribution in [0.15, 0.2) is 24.3 Å². The predicted molar refractivity (Wildman–Crippen MR) is 68.7 cm³/mol. The zero-order valence-corrected chi connectivity index (χ0v) is 11.4. The van der Waals surface area contributed by atoms with Gasteiger partial charge in [-0.15, -0.1) is 0 Å². The number of carbonyl (C=O) groups excluding carboxylic acids is 2. The standard InChI is InChI=1S/C14H19NO4/c1-14(2,3)19-13(18)15-9-8-10-4-6-11(7-5-10)12(16)17/h4-7H,8-9H2,1-3H3,(H,15,18)(H,16,17)/p-1. The van der Waals surface area contributed by atoms with Crippen LogP contribution in [0, 0.1) is 0 Å². The van der Waals surface area contributed by atoms with Gasteiger partial charge in [0.05, 0.1) is 5.97 Å². The van der Waals surface area contributed by atoms with Crippen LogP contribution < -0.4 is 10.4 Å². The van der Waals surface area contributed by atoms with E-state index >= 15 is 0 Å².